The Bertz CT molecular complexity index is 570. The van der Waals surface area contributed by atoms with E-state index in [2.05, 4.69) is 9.97 Å². The molecule has 1 aliphatic heterocycles. The van der Waals surface area contributed by atoms with Gasteiger partial charge in [-0.15, -0.1) is 11.3 Å². The molecule has 110 valence electrons. The van der Waals surface area contributed by atoms with Crippen molar-refractivity contribution in [1.29, 1.82) is 0 Å². The minimum absolute atomic E-state index is 0.250. The maximum atomic E-state index is 12.4. The zero-order valence-electron chi connectivity index (χ0n) is 11.9. The molecule has 0 saturated carbocycles. The molecule has 21 heavy (non-hydrogen) atoms. The molecule has 0 radical (unpaired) electrons. The lowest BCUT2D eigenvalue weighted by Gasteiger charge is -2.32. The molecule has 0 aromatic carbocycles. The first-order chi connectivity index (χ1) is 10.3. The lowest BCUT2D eigenvalue weighted by Crippen LogP contribution is -2.39. The smallest absolute Gasteiger partial charge is 0.222 e. The van der Waals surface area contributed by atoms with E-state index in [4.69, 9.17) is 0 Å². The van der Waals surface area contributed by atoms with Crippen molar-refractivity contribution in [3.05, 3.63) is 46.7 Å². The minimum atomic E-state index is 0.250. The number of rotatable bonds is 4. The number of thiazole rings is 1. The monoisotopic (exact) mass is 301 g/mol. The fourth-order valence-electron chi connectivity index (χ4n) is 2.80. The Kier molecular flexibility index (Phi) is 4.60. The number of carbonyl (C=O) groups is 1. The molecular formula is C16H19N3OS. The molecule has 0 bridgehead atoms. The molecule has 0 unspecified atom stereocenters. The summed E-state index contributed by atoms with van der Waals surface area (Å²) in [7, 11) is 0. The van der Waals surface area contributed by atoms with Gasteiger partial charge in [0.2, 0.25) is 5.91 Å². The molecule has 1 saturated heterocycles. The summed E-state index contributed by atoms with van der Waals surface area (Å²) in [5, 5.41) is 3.18. The summed E-state index contributed by atoms with van der Waals surface area (Å²) in [4.78, 5) is 22.9. The zero-order valence-corrected chi connectivity index (χ0v) is 12.8. The highest BCUT2D eigenvalue weighted by atomic mass is 32.1. The van der Waals surface area contributed by atoms with Crippen LogP contribution in [-0.2, 0) is 11.2 Å². The van der Waals surface area contributed by atoms with Crippen molar-refractivity contribution < 1.29 is 4.79 Å². The van der Waals surface area contributed by atoms with Crippen LogP contribution in [0, 0.1) is 0 Å². The molecule has 1 amide bonds. The van der Waals surface area contributed by atoms with Crippen LogP contribution in [-0.4, -0.2) is 33.9 Å². The van der Waals surface area contributed by atoms with Gasteiger partial charge < -0.3 is 4.90 Å². The Hall–Kier alpha value is -1.75. The van der Waals surface area contributed by atoms with Crippen molar-refractivity contribution in [2.45, 2.75) is 31.6 Å². The molecule has 3 heterocycles. The van der Waals surface area contributed by atoms with Crippen LogP contribution in [0.25, 0.3) is 0 Å². The van der Waals surface area contributed by atoms with Crippen LogP contribution < -0.4 is 0 Å². The number of likely N-dealkylation sites (tertiary alicyclic amines) is 1. The average molecular weight is 301 g/mol. The number of aryl methyl sites for hydroxylation is 1. The van der Waals surface area contributed by atoms with Crippen molar-refractivity contribution in [3.8, 4) is 0 Å². The number of hydrogen-bond acceptors (Lipinski definition) is 4. The summed E-state index contributed by atoms with van der Waals surface area (Å²) in [6.45, 7) is 1.70. The van der Waals surface area contributed by atoms with Crippen molar-refractivity contribution in [1.82, 2.24) is 14.9 Å². The Morgan fingerprint density at radius 3 is 3.14 bits per heavy atom. The van der Waals surface area contributed by atoms with Crippen LogP contribution in [0.5, 0.6) is 0 Å². The molecule has 1 fully saturated rings. The van der Waals surface area contributed by atoms with E-state index < -0.39 is 0 Å². The van der Waals surface area contributed by atoms with Gasteiger partial charge in [0.05, 0.1) is 5.01 Å². The number of pyridine rings is 1. The molecule has 1 atom stereocenters. The van der Waals surface area contributed by atoms with Gasteiger partial charge in [-0.1, -0.05) is 6.07 Å². The predicted octanol–water partition coefficient (Wildman–Crippen LogP) is 2.88. The number of amides is 1. The first-order valence-electron chi connectivity index (χ1n) is 7.39. The first-order valence-corrected chi connectivity index (χ1v) is 8.27. The topological polar surface area (TPSA) is 46.1 Å². The summed E-state index contributed by atoms with van der Waals surface area (Å²) in [6.07, 6.45) is 8.99. The van der Waals surface area contributed by atoms with Crippen LogP contribution in [0.15, 0.2) is 36.1 Å². The first kappa shape index (κ1) is 14.2. The van der Waals surface area contributed by atoms with Gasteiger partial charge in [-0.3, -0.25) is 9.78 Å². The van der Waals surface area contributed by atoms with E-state index in [9.17, 15) is 4.79 Å². The Labute approximate surface area is 128 Å². The molecule has 4 nitrogen and oxygen atoms in total. The van der Waals surface area contributed by atoms with Gasteiger partial charge in [-0.2, -0.15) is 0 Å². The normalized spacial score (nSPS) is 18.7. The highest BCUT2D eigenvalue weighted by Crippen LogP contribution is 2.28. The highest BCUT2D eigenvalue weighted by molar-refractivity contribution is 7.09. The third-order valence-corrected chi connectivity index (χ3v) is 4.86. The maximum absolute atomic E-state index is 12.4. The summed E-state index contributed by atoms with van der Waals surface area (Å²) >= 11 is 1.70. The zero-order chi connectivity index (χ0) is 14.5. The van der Waals surface area contributed by atoms with Gasteiger partial charge in [0.15, 0.2) is 0 Å². The van der Waals surface area contributed by atoms with E-state index in [1.54, 1.807) is 17.5 Å². The standard InChI is InChI=1S/C16H19N3OS/c20-15(6-5-13-3-1-7-17-11-13)19-9-2-4-14(12-19)16-18-8-10-21-16/h1,3,7-8,10-11,14H,2,4-6,9,12H2/t14-/m1/s1. The van der Waals surface area contributed by atoms with E-state index in [1.807, 2.05) is 34.8 Å². The number of nitrogens with zero attached hydrogens (tertiary/aromatic N) is 3. The fraction of sp³-hybridized carbons (Fsp3) is 0.438. The number of hydrogen-bond donors (Lipinski definition) is 0. The van der Waals surface area contributed by atoms with Gasteiger partial charge in [0.25, 0.3) is 0 Å². The summed E-state index contributed by atoms with van der Waals surface area (Å²) in [5.41, 5.74) is 1.12. The summed E-state index contributed by atoms with van der Waals surface area (Å²) in [6, 6.07) is 3.94. The van der Waals surface area contributed by atoms with Crippen LogP contribution in [0.3, 0.4) is 0 Å². The van der Waals surface area contributed by atoms with Crippen molar-refractivity contribution in [2.24, 2.45) is 0 Å². The molecule has 3 rings (SSSR count). The fourth-order valence-corrected chi connectivity index (χ4v) is 3.56. The molecule has 2 aromatic rings. The SMILES string of the molecule is O=C(CCc1cccnc1)N1CCC[C@@H](c2nccs2)C1. The van der Waals surface area contributed by atoms with E-state index in [0.717, 1.165) is 37.9 Å². The van der Waals surface area contributed by atoms with Crippen molar-refractivity contribution >= 4 is 17.2 Å². The second kappa shape index (κ2) is 6.80. The lowest BCUT2D eigenvalue weighted by molar-refractivity contribution is -0.132. The third-order valence-electron chi connectivity index (χ3n) is 3.93. The Balaban J connectivity index is 1.55. The number of carbonyl (C=O) groups excluding carboxylic acids is 1. The molecule has 2 aromatic heterocycles. The Morgan fingerprint density at radius 1 is 1.43 bits per heavy atom. The van der Waals surface area contributed by atoms with E-state index in [-0.39, 0.29) is 5.91 Å². The van der Waals surface area contributed by atoms with E-state index >= 15 is 0 Å². The van der Waals surface area contributed by atoms with Crippen LogP contribution >= 0.6 is 11.3 Å². The van der Waals surface area contributed by atoms with E-state index in [1.165, 1.54) is 5.01 Å². The van der Waals surface area contributed by atoms with Crippen LogP contribution in [0.2, 0.25) is 0 Å². The average Bonchev–Trinajstić information content (AvgIpc) is 3.08. The second-order valence-corrected chi connectivity index (χ2v) is 6.34. The van der Waals surface area contributed by atoms with E-state index in [0.29, 0.717) is 12.3 Å². The van der Waals surface area contributed by atoms with Gasteiger partial charge in [-0.05, 0) is 30.9 Å². The molecular weight excluding hydrogens is 282 g/mol. The molecule has 0 N–H and O–H groups in total. The van der Waals surface area contributed by atoms with Gasteiger partial charge in [0, 0.05) is 49.4 Å². The van der Waals surface area contributed by atoms with Crippen LogP contribution in [0.1, 0.15) is 35.8 Å². The summed E-state index contributed by atoms with van der Waals surface area (Å²) < 4.78 is 0. The largest absolute Gasteiger partial charge is 0.342 e. The number of piperidine rings is 1. The molecule has 1 aliphatic rings. The van der Waals surface area contributed by atoms with Gasteiger partial charge >= 0.3 is 0 Å². The third kappa shape index (κ3) is 3.67. The van der Waals surface area contributed by atoms with Crippen LogP contribution in [0.4, 0.5) is 0 Å². The lowest BCUT2D eigenvalue weighted by atomic mass is 9.98. The summed E-state index contributed by atoms with van der Waals surface area (Å²) in [5.74, 6) is 0.668. The Morgan fingerprint density at radius 2 is 2.38 bits per heavy atom. The molecule has 0 spiro atoms. The van der Waals surface area contributed by atoms with Crippen molar-refractivity contribution in [3.63, 3.8) is 0 Å². The molecule has 0 aliphatic carbocycles. The van der Waals surface area contributed by atoms with Gasteiger partial charge in [0.1, 0.15) is 0 Å². The minimum Gasteiger partial charge on any atom is -0.342 e. The van der Waals surface area contributed by atoms with Crippen molar-refractivity contribution in [2.75, 3.05) is 13.1 Å². The molecule has 5 heteroatoms. The second-order valence-electron chi connectivity index (χ2n) is 5.41. The number of aromatic nitrogens is 2. The van der Waals surface area contributed by atoms with Gasteiger partial charge in [-0.25, -0.2) is 4.98 Å². The predicted molar refractivity (Wildman–Crippen MR) is 83.2 cm³/mol. The quantitative estimate of drug-likeness (QED) is 0.872. The maximum Gasteiger partial charge on any atom is 0.222 e. The highest BCUT2D eigenvalue weighted by Gasteiger charge is 2.25.